The molecule has 31 N–H and O–H groups in total. The van der Waals surface area contributed by atoms with Gasteiger partial charge in [0.1, 0.15) is 195 Å². The molecule has 0 aromatic rings. The predicted molar refractivity (Wildman–Crippen MR) is 375 cm³/mol. The minimum atomic E-state index is -3.35. The standard InChI is InChI=1S/C68H112N4O50/c1-16-35(87)42(94)44(96)61(107-16)116-53-33(71-20(5)81)59(112-28(13-77)49(53)114-63-47(99)56(39(91)26(11-75)110-63)121-67(65(102)103)7-22(83)31(69-18(3)79)51(119-67)37(89)24(85)9-73)106-15-30-41(93)55(46(98)58(101)109-30)118-60-34(72-21(6)82)54(117-62-45(97)43(95)36(88)17(2)108-62)50(29(14-78)113-60)115-64-48(100)57(40(92)27(12-76)111-64)122-68(66(104)105)8-23(84)32(70-19(4)80)52(120-68)38(90)25(86)10-74/h16-17,22-64,73-78,83-101H,7-15H2,1-6H3,(H,69,79)(H,70,80)(H,71,81)(H,72,82)(H,102,103)(H,104,105)/t16-,17-,22-,23-,24+,25+,26+,27+,28+,29+,30+,31+,32+,33+,34+,35+,36+,37+,38+,39-,40-,41-,42+,43+,44-,45-,46+,47+,48+,49+,50+,51+,52+,53+,54+,55-,56-,57-,58?,59+,60-,61-,62-,63-,64-,67-,68-/m0/s1. The van der Waals surface area contributed by atoms with Crippen molar-refractivity contribution >= 4 is 35.6 Å². The summed E-state index contributed by atoms with van der Waals surface area (Å²) in [5.74, 6) is -14.9. The van der Waals surface area contributed by atoms with E-state index in [9.17, 15) is 167 Å². The van der Waals surface area contributed by atoms with E-state index in [0.29, 0.717) is 0 Å². The van der Waals surface area contributed by atoms with Crippen molar-refractivity contribution in [2.75, 3.05) is 46.2 Å². The Kier molecular flexibility index (Phi) is 35.2. The van der Waals surface area contributed by atoms with Gasteiger partial charge in [-0.3, -0.25) is 19.2 Å². The van der Waals surface area contributed by atoms with Crippen molar-refractivity contribution in [3.05, 3.63) is 0 Å². The lowest BCUT2D eigenvalue weighted by Gasteiger charge is -2.52. The van der Waals surface area contributed by atoms with Crippen molar-refractivity contribution in [1.29, 1.82) is 0 Å². The summed E-state index contributed by atoms with van der Waals surface area (Å²) in [6.07, 6.45) is -92.6. The zero-order valence-corrected chi connectivity index (χ0v) is 65.8. The third-order valence-electron chi connectivity index (χ3n) is 22.2. The molecule has 0 bridgehead atoms. The van der Waals surface area contributed by atoms with Crippen molar-refractivity contribution in [3.63, 3.8) is 0 Å². The number of ether oxygens (including phenoxy) is 17. The molecule has 54 nitrogen and oxygen atoms in total. The van der Waals surface area contributed by atoms with Crippen LogP contribution >= 0.6 is 0 Å². The minimum absolute atomic E-state index is 0.872. The molecule has 9 saturated heterocycles. The number of hydrogen-bond acceptors (Lipinski definition) is 48. The van der Waals surface area contributed by atoms with E-state index in [1.54, 1.807) is 0 Å². The summed E-state index contributed by atoms with van der Waals surface area (Å²) in [5, 5.41) is 310. The van der Waals surface area contributed by atoms with Crippen LogP contribution in [0.5, 0.6) is 0 Å². The molecule has 0 spiro atoms. The van der Waals surface area contributed by atoms with E-state index in [-0.39, 0.29) is 0 Å². The van der Waals surface area contributed by atoms with E-state index in [1.807, 2.05) is 0 Å². The molecule has 0 radical (unpaired) electrons. The number of aliphatic carboxylic acids is 2. The van der Waals surface area contributed by atoms with Gasteiger partial charge in [0.15, 0.2) is 44.0 Å². The number of carboxylic acids is 2. The molecule has 9 aliphatic rings. The molecule has 0 saturated carbocycles. The van der Waals surface area contributed by atoms with Crippen molar-refractivity contribution < 1.29 is 247 Å². The Labute approximate surface area is 690 Å². The number of carboxylic acid groups (broad SMARTS) is 2. The zero-order valence-electron chi connectivity index (χ0n) is 65.8. The monoisotopic (exact) mass is 1780 g/mol. The first-order valence-electron chi connectivity index (χ1n) is 38.6. The Hall–Kier alpha value is -4.86. The van der Waals surface area contributed by atoms with Gasteiger partial charge < -0.3 is 240 Å². The lowest BCUT2D eigenvalue weighted by atomic mass is 9.88. The van der Waals surface area contributed by atoms with Gasteiger partial charge in [-0.25, -0.2) is 9.59 Å². The maximum Gasteiger partial charge on any atom is 0.364 e. The average molecular weight is 1790 g/mol. The molecule has 9 fully saturated rings. The van der Waals surface area contributed by atoms with Gasteiger partial charge in [0.2, 0.25) is 23.6 Å². The van der Waals surface area contributed by atoms with Crippen LogP contribution in [0, 0.1) is 0 Å². The van der Waals surface area contributed by atoms with Crippen LogP contribution in [0.1, 0.15) is 54.4 Å². The molecule has 9 aliphatic heterocycles. The van der Waals surface area contributed by atoms with Crippen LogP contribution in [0.25, 0.3) is 0 Å². The fourth-order valence-corrected chi connectivity index (χ4v) is 15.8. The lowest BCUT2D eigenvalue weighted by molar-refractivity contribution is -0.397. The highest BCUT2D eigenvalue weighted by molar-refractivity contribution is 5.78. The average Bonchev–Trinajstić information content (AvgIpc) is 0.754. The first-order chi connectivity index (χ1) is 57.3. The number of carbonyl (C=O) groups excluding carboxylic acids is 4. The minimum Gasteiger partial charge on any atom is -0.477 e. The van der Waals surface area contributed by atoms with Crippen LogP contribution in [0.4, 0.5) is 0 Å². The van der Waals surface area contributed by atoms with Gasteiger partial charge in [0.25, 0.3) is 11.6 Å². The maximum absolute atomic E-state index is 13.5. The highest BCUT2D eigenvalue weighted by Gasteiger charge is 2.65. The van der Waals surface area contributed by atoms with Crippen LogP contribution < -0.4 is 21.3 Å². The van der Waals surface area contributed by atoms with Gasteiger partial charge in [0, 0.05) is 40.5 Å². The molecule has 704 valence electrons. The van der Waals surface area contributed by atoms with E-state index < -0.39 is 382 Å². The van der Waals surface area contributed by atoms with Crippen molar-refractivity contribution in [1.82, 2.24) is 21.3 Å². The number of hydrogen-bond donors (Lipinski definition) is 31. The summed E-state index contributed by atoms with van der Waals surface area (Å²) in [4.78, 5) is 78.4. The molecular weight excluding hydrogens is 1670 g/mol. The quantitative estimate of drug-likeness (QED) is 0.0290. The van der Waals surface area contributed by atoms with E-state index in [4.69, 9.17) is 80.5 Å². The topological polar surface area (TPSA) is 854 Å². The van der Waals surface area contributed by atoms with Gasteiger partial charge in [-0.2, -0.15) is 0 Å². The molecule has 0 aromatic heterocycles. The third kappa shape index (κ3) is 21.8. The predicted octanol–water partition coefficient (Wildman–Crippen LogP) is -19.6. The summed E-state index contributed by atoms with van der Waals surface area (Å²) in [6.45, 7) is -2.66. The van der Waals surface area contributed by atoms with Crippen molar-refractivity contribution in [2.45, 2.75) is 342 Å². The zero-order chi connectivity index (χ0) is 90.7. The largest absolute Gasteiger partial charge is 0.477 e. The second-order valence-corrected chi connectivity index (χ2v) is 31.0. The summed E-state index contributed by atoms with van der Waals surface area (Å²) in [5.41, 5.74) is 0. The molecule has 0 aliphatic carbocycles. The van der Waals surface area contributed by atoms with Crippen LogP contribution in [0.3, 0.4) is 0 Å². The molecule has 9 heterocycles. The Morgan fingerprint density at radius 3 is 1.02 bits per heavy atom. The second-order valence-electron chi connectivity index (χ2n) is 31.0. The summed E-state index contributed by atoms with van der Waals surface area (Å²) < 4.78 is 101. The smallest absolute Gasteiger partial charge is 0.364 e. The summed E-state index contributed by atoms with van der Waals surface area (Å²) in [6, 6.07) is -7.67. The number of amides is 4. The van der Waals surface area contributed by atoms with Gasteiger partial charge in [-0.05, 0) is 13.8 Å². The van der Waals surface area contributed by atoms with Crippen molar-refractivity contribution in [3.8, 4) is 0 Å². The molecule has 54 heteroatoms. The van der Waals surface area contributed by atoms with Crippen LogP contribution in [-0.4, -0.2) is 507 Å². The Balaban J connectivity index is 1.02. The van der Waals surface area contributed by atoms with Crippen molar-refractivity contribution in [2.24, 2.45) is 0 Å². The fraction of sp³-hybridized carbons (Fsp3) is 0.912. The van der Waals surface area contributed by atoms with Crippen LogP contribution in [0.15, 0.2) is 0 Å². The first-order valence-corrected chi connectivity index (χ1v) is 38.6. The first kappa shape index (κ1) is 101. The number of aliphatic hydroxyl groups is 25. The SMILES string of the molecule is CC(=O)N[C@H]1[C@H](OC[C@H]2OC(O)[C@H](O)[C@@H](O[C@@H]3O[C@H](CO)[C@@H](O[C@@H]4O[C@H](CO)[C@H](O)[C@H](O[C@]5(C(=O)O)C[C@H](O)[C@@H](NC(C)=O)[C@H]([C@H](O)[C@H](O)CO)O5)[C@H]4O)[C@H](O[C@@H]4O[C@@H](C)[C@@H](O)[C@@H](O)[C@@H]4O)[C@H]3NC(C)=O)[C@H]2O)O[C@H](CO)[C@@H](O[C@@H]2O[C@H](CO)[C@H](O)[C@H](O[C@]3(C(=O)O)C[C@H](O)[C@@H](NC(C)=O)[C@H]([C@H](O)[C@H](O)CO)O3)[C@H]2O)[C@@H]1O[C@@H]1O[C@@H](C)[C@@H](O)[C@@H](O)[C@@H]1O. The molecule has 1 unspecified atom stereocenters. The maximum atomic E-state index is 13.5. The Morgan fingerprint density at radius 1 is 0.352 bits per heavy atom. The molecule has 4 amide bonds. The van der Waals surface area contributed by atoms with E-state index in [1.165, 1.54) is 13.8 Å². The van der Waals surface area contributed by atoms with Gasteiger partial charge in [0.05, 0.1) is 82.7 Å². The highest BCUT2D eigenvalue weighted by atomic mass is 16.8. The molecular formula is C68H112N4O50. The Morgan fingerprint density at radius 2 is 0.672 bits per heavy atom. The van der Waals surface area contributed by atoms with Crippen LogP contribution in [-0.2, 0) is 109 Å². The Bertz CT molecular complexity index is 3410. The molecule has 9 rings (SSSR count). The number of rotatable bonds is 33. The molecule has 122 heavy (non-hydrogen) atoms. The molecule has 47 atom stereocenters. The number of carbonyl (C=O) groups is 6. The van der Waals surface area contributed by atoms with Gasteiger partial charge >= 0.3 is 11.9 Å². The van der Waals surface area contributed by atoms with Gasteiger partial charge in [-0.1, -0.05) is 0 Å². The third-order valence-corrected chi connectivity index (χ3v) is 22.2. The van der Waals surface area contributed by atoms with E-state index >= 15 is 0 Å². The lowest BCUT2D eigenvalue weighted by Crippen LogP contribution is -2.72. The second kappa shape index (κ2) is 42.6. The number of aliphatic hydroxyl groups excluding tert-OH is 25. The number of nitrogens with one attached hydrogen (secondary N) is 4. The summed E-state index contributed by atoms with van der Waals surface area (Å²) in [7, 11) is 0. The summed E-state index contributed by atoms with van der Waals surface area (Å²) >= 11 is 0. The fourth-order valence-electron chi connectivity index (χ4n) is 15.8. The van der Waals surface area contributed by atoms with E-state index in [0.717, 1.165) is 27.7 Å². The van der Waals surface area contributed by atoms with E-state index in [2.05, 4.69) is 21.3 Å². The normalized spacial score (nSPS) is 46.9. The van der Waals surface area contributed by atoms with Gasteiger partial charge in [-0.15, -0.1) is 0 Å². The molecule has 0 aromatic carbocycles. The highest BCUT2D eigenvalue weighted by Crippen LogP contribution is 2.44. The van der Waals surface area contributed by atoms with Crippen LogP contribution in [0.2, 0.25) is 0 Å².